The third-order valence-corrected chi connectivity index (χ3v) is 18.2. The molecule has 430 valence electrons. The second kappa shape index (κ2) is 23.1. The van der Waals surface area contributed by atoms with Crippen LogP contribution in [0.15, 0.2) is 328 Å². The summed E-state index contributed by atoms with van der Waals surface area (Å²) < 4.78 is 0. The molecule has 2 atom stereocenters. The van der Waals surface area contributed by atoms with Crippen molar-refractivity contribution in [2.24, 2.45) is 0 Å². The highest BCUT2D eigenvalue weighted by atomic mass is 15.0. The molecule has 2 unspecified atom stereocenters. The second-order valence-electron chi connectivity index (χ2n) is 23.7. The van der Waals surface area contributed by atoms with Crippen molar-refractivity contribution in [3.63, 3.8) is 0 Å². The van der Waals surface area contributed by atoms with Crippen LogP contribution in [-0.4, -0.2) is 29.9 Å². The van der Waals surface area contributed by atoms with E-state index in [4.69, 9.17) is 29.9 Å². The summed E-state index contributed by atoms with van der Waals surface area (Å²) >= 11 is 0. The molecule has 6 nitrogen and oxygen atoms in total. The quantitative estimate of drug-likeness (QED) is 0.121. The largest absolute Gasteiger partial charge is 0.208 e. The minimum absolute atomic E-state index is 0.0989. The first-order valence-corrected chi connectivity index (χ1v) is 31.3. The fourth-order valence-corrected chi connectivity index (χ4v) is 13.5. The van der Waals surface area contributed by atoms with Crippen molar-refractivity contribution in [1.29, 1.82) is 0 Å². The van der Waals surface area contributed by atoms with Gasteiger partial charge in [0.2, 0.25) is 0 Å². The lowest BCUT2D eigenvalue weighted by atomic mass is 9.60. The number of nitrogens with zero attached hydrogens (tertiary/aromatic N) is 6. The molecule has 2 aromatic heterocycles. The maximum absolute atomic E-state index is 5.17. The van der Waals surface area contributed by atoms with Gasteiger partial charge < -0.3 is 0 Å². The van der Waals surface area contributed by atoms with Gasteiger partial charge in [-0.15, -0.1) is 0 Å². The Morgan fingerprint density at radius 2 is 0.326 bits per heavy atom. The summed E-state index contributed by atoms with van der Waals surface area (Å²) in [5, 5.41) is 0. The molecule has 0 amide bonds. The van der Waals surface area contributed by atoms with Gasteiger partial charge in [0, 0.05) is 45.2 Å². The van der Waals surface area contributed by atoms with Crippen LogP contribution in [0.4, 0.5) is 0 Å². The number of aromatic nitrogens is 6. The molecule has 6 heteroatoms. The molecular formula is C86H56N6. The first kappa shape index (κ1) is 54.1. The standard InChI is InChI=1S/C86H56N6/c1-5-17-55(18-6-1)57-31-35-59(36-32-57)67-25-15-27-71(51-67)85-89-81(63-21-9-3-10-22-63)87-83(91-85)65-43-39-61(40-44-65)69-47-49-75-77(53-69)79-73-29-13-14-30-74(73)80(75)78-54-70(48-50-76(78)79)62-41-45-66(46-42-62)84-88-82(64-23-11-4-12-24-64)90-86(92-84)72-28-16-26-68(52-72)60-37-33-58(34-38-60)56-19-7-2-8-20-56/h1-54,79-80H. The van der Waals surface area contributed by atoms with Crippen LogP contribution in [0.5, 0.6) is 0 Å². The minimum atomic E-state index is 0.0989. The van der Waals surface area contributed by atoms with Crippen LogP contribution in [0.25, 0.3) is 135 Å². The van der Waals surface area contributed by atoms with Gasteiger partial charge >= 0.3 is 0 Å². The lowest BCUT2D eigenvalue weighted by molar-refractivity contribution is 0.755. The first-order chi connectivity index (χ1) is 45.5. The molecule has 0 aliphatic heterocycles. The average molecular weight is 1170 g/mol. The summed E-state index contributed by atoms with van der Waals surface area (Å²) in [5.41, 5.74) is 27.6. The van der Waals surface area contributed by atoms with E-state index in [1.165, 1.54) is 66.8 Å². The number of benzene rings is 13. The normalized spacial score (nSPS) is 13.4. The molecule has 3 aliphatic rings. The minimum Gasteiger partial charge on any atom is -0.208 e. The van der Waals surface area contributed by atoms with Crippen molar-refractivity contribution in [3.05, 3.63) is 361 Å². The van der Waals surface area contributed by atoms with E-state index in [-0.39, 0.29) is 11.8 Å². The molecule has 0 fully saturated rings. The summed E-state index contributed by atoms with van der Waals surface area (Å²) in [6.07, 6.45) is 0. The molecule has 0 radical (unpaired) electrons. The summed E-state index contributed by atoms with van der Waals surface area (Å²) in [5.74, 6) is 3.96. The van der Waals surface area contributed by atoms with Gasteiger partial charge in [-0.2, -0.15) is 0 Å². The summed E-state index contributed by atoms with van der Waals surface area (Å²) in [6, 6.07) is 116. The van der Waals surface area contributed by atoms with E-state index < -0.39 is 0 Å². The van der Waals surface area contributed by atoms with Crippen molar-refractivity contribution in [1.82, 2.24) is 29.9 Å². The van der Waals surface area contributed by atoms with E-state index in [0.717, 1.165) is 66.8 Å². The third-order valence-electron chi connectivity index (χ3n) is 18.2. The third kappa shape index (κ3) is 10.2. The predicted molar refractivity (Wildman–Crippen MR) is 373 cm³/mol. The van der Waals surface area contributed by atoms with Crippen molar-refractivity contribution in [3.8, 4) is 135 Å². The van der Waals surface area contributed by atoms with Gasteiger partial charge in [0.1, 0.15) is 0 Å². The predicted octanol–water partition coefficient (Wildman–Crippen LogP) is 21.0. The molecule has 0 saturated heterocycles. The molecule has 2 heterocycles. The van der Waals surface area contributed by atoms with Gasteiger partial charge in [0.15, 0.2) is 34.9 Å². The van der Waals surface area contributed by atoms with Crippen molar-refractivity contribution < 1.29 is 0 Å². The maximum atomic E-state index is 5.17. The van der Waals surface area contributed by atoms with Crippen LogP contribution in [-0.2, 0) is 0 Å². The molecule has 0 spiro atoms. The Hall–Kier alpha value is -12.1. The highest BCUT2D eigenvalue weighted by Crippen LogP contribution is 2.57. The molecule has 0 saturated carbocycles. The molecule has 18 rings (SSSR count). The molecule has 2 bridgehead atoms. The lowest BCUT2D eigenvalue weighted by Crippen LogP contribution is -2.27. The van der Waals surface area contributed by atoms with E-state index in [9.17, 15) is 0 Å². The Morgan fingerprint density at radius 3 is 0.652 bits per heavy atom. The number of hydrogen-bond acceptors (Lipinski definition) is 6. The molecule has 13 aromatic carbocycles. The van der Waals surface area contributed by atoms with E-state index in [1.54, 1.807) is 0 Å². The van der Waals surface area contributed by atoms with Gasteiger partial charge in [0.25, 0.3) is 0 Å². The van der Waals surface area contributed by atoms with Crippen LogP contribution >= 0.6 is 0 Å². The zero-order valence-corrected chi connectivity index (χ0v) is 50.0. The van der Waals surface area contributed by atoms with Gasteiger partial charge in [0.05, 0.1) is 0 Å². The monoisotopic (exact) mass is 1170 g/mol. The van der Waals surface area contributed by atoms with E-state index >= 15 is 0 Å². The van der Waals surface area contributed by atoms with Crippen LogP contribution < -0.4 is 0 Å². The summed E-state index contributed by atoms with van der Waals surface area (Å²) in [6.45, 7) is 0. The van der Waals surface area contributed by atoms with Crippen molar-refractivity contribution >= 4 is 0 Å². The van der Waals surface area contributed by atoms with Crippen molar-refractivity contribution in [2.45, 2.75) is 11.8 Å². The Balaban J connectivity index is 0.655. The van der Waals surface area contributed by atoms with Gasteiger partial charge in [-0.25, -0.2) is 29.9 Å². The SMILES string of the molecule is c1ccc(-c2ccc(-c3cccc(-c4nc(-c5ccccc5)nc(-c5ccc(-c6ccc7c(c6)C6c8ccccc8C7c7cc(-c8ccc(-c9nc(-c%10ccccc%10)nc(-c%10cccc(-c%11ccc(-c%12ccccc%12)cc%11)c%10)n9)cc8)ccc76)cc5)n4)c3)cc2)cc1. The second-order valence-corrected chi connectivity index (χ2v) is 23.7. The zero-order valence-electron chi connectivity index (χ0n) is 50.0. The topological polar surface area (TPSA) is 77.3 Å². The maximum Gasteiger partial charge on any atom is 0.164 e. The summed E-state index contributed by atoms with van der Waals surface area (Å²) in [4.78, 5) is 30.7. The van der Waals surface area contributed by atoms with Gasteiger partial charge in [-0.3, -0.25) is 0 Å². The fraction of sp³-hybridized carbons (Fsp3) is 0.0233. The van der Waals surface area contributed by atoms with E-state index in [0.29, 0.717) is 34.9 Å². The van der Waals surface area contributed by atoms with Gasteiger partial charge in [-0.05, 0) is 124 Å². The Morgan fingerprint density at radius 1 is 0.130 bits per heavy atom. The molecule has 0 N–H and O–H groups in total. The van der Waals surface area contributed by atoms with Crippen molar-refractivity contribution in [2.75, 3.05) is 0 Å². The van der Waals surface area contributed by atoms with Crippen LogP contribution in [0.3, 0.4) is 0 Å². The highest BCUT2D eigenvalue weighted by Gasteiger charge is 2.41. The Labute approximate surface area is 534 Å². The van der Waals surface area contributed by atoms with Crippen LogP contribution in [0.2, 0.25) is 0 Å². The Bertz CT molecular complexity index is 4900. The zero-order chi connectivity index (χ0) is 60.9. The van der Waals surface area contributed by atoms with E-state index in [2.05, 4.69) is 279 Å². The van der Waals surface area contributed by atoms with E-state index in [1.807, 2.05) is 48.5 Å². The number of rotatable bonds is 12. The van der Waals surface area contributed by atoms with Gasteiger partial charge in [-0.1, -0.05) is 303 Å². The Kier molecular flexibility index (Phi) is 13.6. The molecular weight excluding hydrogens is 1120 g/mol. The fourth-order valence-electron chi connectivity index (χ4n) is 13.5. The lowest BCUT2D eigenvalue weighted by Gasteiger charge is -2.42. The highest BCUT2D eigenvalue weighted by molar-refractivity contribution is 5.81. The first-order valence-electron chi connectivity index (χ1n) is 31.3. The summed E-state index contributed by atoms with van der Waals surface area (Å²) in [7, 11) is 0. The van der Waals surface area contributed by atoms with Crippen LogP contribution in [0, 0.1) is 0 Å². The average Bonchev–Trinajstić information content (AvgIpc) is 0.706. The molecule has 15 aromatic rings. The van der Waals surface area contributed by atoms with Crippen LogP contribution in [0.1, 0.15) is 45.2 Å². The number of hydrogen-bond donors (Lipinski definition) is 0. The smallest absolute Gasteiger partial charge is 0.164 e. The molecule has 92 heavy (non-hydrogen) atoms. The molecule has 3 aliphatic carbocycles.